The van der Waals surface area contributed by atoms with Gasteiger partial charge in [-0.1, -0.05) is 37.1 Å². The molecule has 0 spiro atoms. The van der Waals surface area contributed by atoms with Gasteiger partial charge in [-0.25, -0.2) is 0 Å². The van der Waals surface area contributed by atoms with Gasteiger partial charge in [0, 0.05) is 12.1 Å². The van der Waals surface area contributed by atoms with Gasteiger partial charge in [0.25, 0.3) is 0 Å². The third-order valence-corrected chi connectivity index (χ3v) is 6.17. The molecule has 146 valence electrons. The molecule has 1 aromatic carbocycles. The molecule has 4 nitrogen and oxygen atoms in total. The number of aliphatic hydroxyl groups is 2. The van der Waals surface area contributed by atoms with Gasteiger partial charge in [0.2, 0.25) is 0 Å². The van der Waals surface area contributed by atoms with Crippen molar-refractivity contribution in [2.45, 2.75) is 63.5 Å². The van der Waals surface area contributed by atoms with Gasteiger partial charge in [-0.15, -0.1) is 0 Å². The highest BCUT2D eigenvalue weighted by Crippen LogP contribution is 2.19. The third kappa shape index (κ3) is 5.53. The van der Waals surface area contributed by atoms with Gasteiger partial charge in [0.05, 0.1) is 13.2 Å². The number of benzene rings is 1. The first kappa shape index (κ1) is 19.8. The van der Waals surface area contributed by atoms with Gasteiger partial charge in [0.15, 0.2) is 0 Å². The van der Waals surface area contributed by atoms with Crippen LogP contribution in [0.25, 0.3) is 0 Å². The van der Waals surface area contributed by atoms with Crippen LogP contribution in [-0.2, 0) is 12.8 Å². The number of piperidine rings is 2. The summed E-state index contributed by atoms with van der Waals surface area (Å²) < 4.78 is 0. The molecule has 0 radical (unpaired) electrons. The van der Waals surface area contributed by atoms with Crippen molar-refractivity contribution in [3.05, 3.63) is 35.4 Å². The van der Waals surface area contributed by atoms with Gasteiger partial charge < -0.3 is 10.2 Å². The molecule has 2 N–H and O–H groups in total. The van der Waals surface area contributed by atoms with Crippen molar-refractivity contribution in [2.24, 2.45) is 0 Å². The molecule has 0 bridgehead atoms. The summed E-state index contributed by atoms with van der Waals surface area (Å²) in [6.07, 6.45) is 9.49. The molecule has 26 heavy (non-hydrogen) atoms. The molecule has 0 aromatic heterocycles. The molecule has 0 saturated carbocycles. The molecular formula is C22H36N2O2. The average molecular weight is 361 g/mol. The fourth-order valence-electron chi connectivity index (χ4n) is 4.61. The minimum absolute atomic E-state index is 0.233. The van der Waals surface area contributed by atoms with E-state index in [9.17, 15) is 10.2 Å². The number of aliphatic hydroxyl groups excluding tert-OH is 2. The molecule has 4 heteroatoms. The van der Waals surface area contributed by atoms with E-state index >= 15 is 0 Å². The predicted octanol–water partition coefficient (Wildman–Crippen LogP) is 2.47. The maximum Gasteiger partial charge on any atom is 0.0590 e. The quantitative estimate of drug-likeness (QED) is 0.748. The number of rotatable bonds is 8. The maximum absolute atomic E-state index is 9.88. The van der Waals surface area contributed by atoms with Crippen LogP contribution in [0.1, 0.15) is 49.7 Å². The van der Waals surface area contributed by atoms with E-state index in [4.69, 9.17) is 0 Å². The van der Waals surface area contributed by atoms with Gasteiger partial charge in [-0.2, -0.15) is 0 Å². The summed E-state index contributed by atoms with van der Waals surface area (Å²) in [7, 11) is 0. The Morgan fingerprint density at radius 1 is 0.692 bits per heavy atom. The Morgan fingerprint density at radius 3 is 1.50 bits per heavy atom. The number of hydrogen-bond acceptors (Lipinski definition) is 4. The van der Waals surface area contributed by atoms with Gasteiger partial charge in [-0.3, -0.25) is 9.80 Å². The Kier molecular flexibility index (Phi) is 7.93. The van der Waals surface area contributed by atoms with Crippen LogP contribution >= 0.6 is 0 Å². The second-order valence-corrected chi connectivity index (χ2v) is 8.09. The van der Waals surface area contributed by atoms with E-state index in [-0.39, 0.29) is 25.3 Å². The van der Waals surface area contributed by atoms with Crippen LogP contribution in [-0.4, -0.2) is 71.5 Å². The van der Waals surface area contributed by atoms with E-state index in [0.717, 1.165) is 39.0 Å². The molecule has 2 aliphatic rings. The highest BCUT2D eigenvalue weighted by Gasteiger charge is 2.22. The van der Waals surface area contributed by atoms with Crippen LogP contribution in [0.15, 0.2) is 24.3 Å². The van der Waals surface area contributed by atoms with Crippen molar-refractivity contribution >= 4 is 0 Å². The van der Waals surface area contributed by atoms with Crippen LogP contribution in [0.5, 0.6) is 0 Å². The largest absolute Gasteiger partial charge is 0.395 e. The van der Waals surface area contributed by atoms with Crippen LogP contribution in [0.4, 0.5) is 0 Å². The van der Waals surface area contributed by atoms with Crippen LogP contribution in [0.3, 0.4) is 0 Å². The van der Waals surface area contributed by atoms with E-state index in [1.165, 1.54) is 49.7 Å². The fourth-order valence-corrected chi connectivity index (χ4v) is 4.61. The van der Waals surface area contributed by atoms with Crippen LogP contribution in [0.2, 0.25) is 0 Å². The lowest BCUT2D eigenvalue weighted by atomic mass is 9.97. The fraction of sp³-hybridized carbons (Fsp3) is 0.727. The monoisotopic (exact) mass is 360 g/mol. The van der Waals surface area contributed by atoms with Crippen molar-refractivity contribution < 1.29 is 10.2 Å². The number of hydrogen-bond donors (Lipinski definition) is 2. The molecule has 0 amide bonds. The lowest BCUT2D eigenvalue weighted by molar-refractivity contribution is 0.103. The second-order valence-electron chi connectivity index (χ2n) is 8.09. The molecule has 1 aromatic rings. The third-order valence-electron chi connectivity index (χ3n) is 6.17. The van der Waals surface area contributed by atoms with Crippen molar-refractivity contribution in [3.63, 3.8) is 0 Å². The summed E-state index contributed by atoms with van der Waals surface area (Å²) in [6.45, 7) is 4.94. The van der Waals surface area contributed by atoms with E-state index < -0.39 is 0 Å². The lowest BCUT2D eigenvalue weighted by Gasteiger charge is -2.34. The van der Waals surface area contributed by atoms with Gasteiger partial charge >= 0.3 is 0 Å². The summed E-state index contributed by atoms with van der Waals surface area (Å²) in [6, 6.07) is 9.28. The normalized spacial score (nSPS) is 22.2. The Bertz CT molecular complexity index is 481. The first-order valence-electron chi connectivity index (χ1n) is 10.6. The smallest absolute Gasteiger partial charge is 0.0590 e. The summed E-state index contributed by atoms with van der Waals surface area (Å²) in [4.78, 5) is 4.92. The Hall–Kier alpha value is -0.940. The zero-order valence-electron chi connectivity index (χ0n) is 16.2. The molecule has 2 heterocycles. The van der Waals surface area contributed by atoms with E-state index in [0.29, 0.717) is 0 Å². The summed E-state index contributed by atoms with van der Waals surface area (Å²) in [5, 5.41) is 19.8. The molecule has 2 aliphatic heterocycles. The number of nitrogens with zero attached hydrogens (tertiary/aromatic N) is 2. The van der Waals surface area contributed by atoms with E-state index in [1.807, 2.05) is 0 Å². The van der Waals surface area contributed by atoms with Crippen molar-refractivity contribution in [3.8, 4) is 0 Å². The summed E-state index contributed by atoms with van der Waals surface area (Å²) in [5.74, 6) is 0. The first-order valence-corrected chi connectivity index (χ1v) is 10.6. The molecule has 3 rings (SSSR count). The van der Waals surface area contributed by atoms with Crippen LogP contribution in [0, 0.1) is 0 Å². The highest BCUT2D eigenvalue weighted by atomic mass is 16.3. The SMILES string of the molecule is OC[C@H](Cc1cccc(C[C@@H](CO)N2CCCCC2)c1)N1CCCCC1. The molecule has 2 fully saturated rings. The second kappa shape index (κ2) is 10.4. The van der Waals surface area contributed by atoms with Crippen molar-refractivity contribution in [1.29, 1.82) is 0 Å². The standard InChI is InChI=1S/C22H36N2O2/c25-17-21(23-10-3-1-4-11-23)15-19-8-7-9-20(14-19)16-22(18-26)24-12-5-2-6-13-24/h7-9,14,21-22,25-26H,1-6,10-13,15-18H2/t21-,22-/m0/s1. The molecule has 2 atom stereocenters. The molecule has 0 unspecified atom stereocenters. The average Bonchev–Trinajstić information content (AvgIpc) is 2.72. The zero-order chi connectivity index (χ0) is 18.2. The zero-order valence-corrected chi connectivity index (χ0v) is 16.2. The molecule has 2 saturated heterocycles. The summed E-state index contributed by atoms with van der Waals surface area (Å²) in [5.41, 5.74) is 2.62. The molecular weight excluding hydrogens is 324 g/mol. The summed E-state index contributed by atoms with van der Waals surface area (Å²) >= 11 is 0. The minimum atomic E-state index is 0.233. The van der Waals surface area contributed by atoms with E-state index in [2.05, 4.69) is 34.1 Å². The Morgan fingerprint density at radius 2 is 1.12 bits per heavy atom. The first-order chi connectivity index (χ1) is 12.8. The lowest BCUT2D eigenvalue weighted by Crippen LogP contribution is -2.43. The van der Waals surface area contributed by atoms with Crippen molar-refractivity contribution in [2.75, 3.05) is 39.4 Å². The van der Waals surface area contributed by atoms with Gasteiger partial charge in [0.1, 0.15) is 0 Å². The maximum atomic E-state index is 9.88. The van der Waals surface area contributed by atoms with Crippen molar-refractivity contribution in [1.82, 2.24) is 9.80 Å². The van der Waals surface area contributed by atoms with Gasteiger partial charge in [-0.05, 0) is 75.8 Å². The predicted molar refractivity (Wildman–Crippen MR) is 106 cm³/mol. The Balaban J connectivity index is 1.61. The molecule has 0 aliphatic carbocycles. The topological polar surface area (TPSA) is 46.9 Å². The highest BCUT2D eigenvalue weighted by molar-refractivity contribution is 5.25. The van der Waals surface area contributed by atoms with E-state index in [1.54, 1.807) is 0 Å². The number of likely N-dealkylation sites (tertiary alicyclic amines) is 2. The van der Waals surface area contributed by atoms with Crippen LogP contribution < -0.4 is 0 Å². The minimum Gasteiger partial charge on any atom is -0.395 e. The Labute approximate surface area is 158 Å².